The Morgan fingerprint density at radius 1 is 1.33 bits per heavy atom. The molecule has 0 spiro atoms. The predicted octanol–water partition coefficient (Wildman–Crippen LogP) is 3.19. The third-order valence-electron chi connectivity index (χ3n) is 1.89. The van der Waals surface area contributed by atoms with Crippen LogP contribution in [-0.4, -0.2) is 28.1 Å². The number of nitrogens with zero attached hydrogens (tertiary/aromatic N) is 2. The first-order valence-corrected chi connectivity index (χ1v) is 7.25. The summed E-state index contributed by atoms with van der Waals surface area (Å²) >= 11 is 15.7. The molecule has 1 fully saturated rings. The Hall–Kier alpha value is 0.700. The average Bonchev–Trinajstić information content (AvgIpc) is 2.26. The van der Waals surface area contributed by atoms with E-state index in [1.54, 1.807) is 0 Å². The maximum atomic E-state index is 5.93. The molecule has 82 valence electrons. The lowest BCUT2D eigenvalue weighted by atomic mass is 10.3. The van der Waals surface area contributed by atoms with Gasteiger partial charge >= 0.3 is 0 Å². The van der Waals surface area contributed by atoms with Crippen molar-refractivity contribution in [2.45, 2.75) is 6.10 Å². The van der Waals surface area contributed by atoms with E-state index in [0.717, 1.165) is 18.1 Å². The summed E-state index contributed by atoms with van der Waals surface area (Å²) in [5, 5.41) is 0.787. The number of hydrogen-bond acceptors (Lipinski definition) is 4. The molecule has 0 N–H and O–H groups in total. The molecule has 1 saturated heterocycles. The molecule has 0 saturated carbocycles. The van der Waals surface area contributed by atoms with Crippen molar-refractivity contribution in [3.8, 4) is 0 Å². The van der Waals surface area contributed by atoms with Crippen molar-refractivity contribution in [1.82, 2.24) is 9.97 Å². The van der Waals surface area contributed by atoms with E-state index in [0.29, 0.717) is 19.7 Å². The van der Waals surface area contributed by atoms with Crippen molar-refractivity contribution in [3.63, 3.8) is 0 Å². The lowest BCUT2D eigenvalue weighted by Crippen LogP contribution is -2.18. The molecule has 7 heteroatoms. The van der Waals surface area contributed by atoms with Crippen LogP contribution in [-0.2, 0) is 4.74 Å². The van der Waals surface area contributed by atoms with Gasteiger partial charge in [0.2, 0.25) is 0 Å². The van der Waals surface area contributed by atoms with Gasteiger partial charge in [-0.05, 0) is 22.6 Å². The van der Waals surface area contributed by atoms with Crippen molar-refractivity contribution in [2.75, 3.05) is 18.1 Å². The highest BCUT2D eigenvalue weighted by molar-refractivity contribution is 14.1. The van der Waals surface area contributed by atoms with Gasteiger partial charge in [-0.1, -0.05) is 23.2 Å². The van der Waals surface area contributed by atoms with Gasteiger partial charge in [0.15, 0.2) is 5.82 Å². The number of thioether (sulfide) groups is 1. The minimum absolute atomic E-state index is 0.0873. The van der Waals surface area contributed by atoms with Crippen LogP contribution in [0.15, 0.2) is 0 Å². The Morgan fingerprint density at radius 3 is 2.53 bits per heavy atom. The van der Waals surface area contributed by atoms with E-state index >= 15 is 0 Å². The van der Waals surface area contributed by atoms with Crippen LogP contribution in [0.1, 0.15) is 11.9 Å². The van der Waals surface area contributed by atoms with Gasteiger partial charge < -0.3 is 4.74 Å². The normalized spacial score (nSPS) is 21.7. The molecule has 0 bridgehead atoms. The molecular weight excluding hydrogens is 370 g/mol. The minimum atomic E-state index is -0.0873. The van der Waals surface area contributed by atoms with Gasteiger partial charge in [-0.3, -0.25) is 0 Å². The molecule has 0 radical (unpaired) electrons. The number of hydrogen-bond donors (Lipinski definition) is 0. The van der Waals surface area contributed by atoms with Crippen LogP contribution in [0.25, 0.3) is 0 Å². The molecule has 0 aromatic carbocycles. The Kier molecular flexibility index (Phi) is 4.34. The highest BCUT2D eigenvalue weighted by Crippen LogP contribution is 2.29. The summed E-state index contributed by atoms with van der Waals surface area (Å²) in [5.74, 6) is 2.45. The summed E-state index contributed by atoms with van der Waals surface area (Å²) in [6.45, 7) is 0.722. The van der Waals surface area contributed by atoms with Gasteiger partial charge in [0, 0.05) is 11.5 Å². The van der Waals surface area contributed by atoms with Crippen molar-refractivity contribution < 1.29 is 4.74 Å². The van der Waals surface area contributed by atoms with Crippen molar-refractivity contribution in [1.29, 1.82) is 0 Å². The average molecular weight is 377 g/mol. The number of ether oxygens (including phenoxy) is 1. The molecular formula is C8H7Cl2IN2OS. The van der Waals surface area contributed by atoms with Gasteiger partial charge in [-0.15, -0.1) is 0 Å². The van der Waals surface area contributed by atoms with Crippen molar-refractivity contribution in [2.24, 2.45) is 0 Å². The zero-order chi connectivity index (χ0) is 10.8. The minimum Gasteiger partial charge on any atom is -0.368 e. The lowest BCUT2D eigenvalue weighted by molar-refractivity contribution is 0.0694. The van der Waals surface area contributed by atoms with Gasteiger partial charge in [-0.2, -0.15) is 11.8 Å². The molecule has 1 aliphatic heterocycles. The van der Waals surface area contributed by atoms with Crippen LogP contribution in [0.4, 0.5) is 0 Å². The van der Waals surface area contributed by atoms with Crippen LogP contribution < -0.4 is 0 Å². The van der Waals surface area contributed by atoms with E-state index in [2.05, 4.69) is 9.97 Å². The highest BCUT2D eigenvalue weighted by Gasteiger charge is 2.21. The second-order valence-electron chi connectivity index (χ2n) is 2.91. The van der Waals surface area contributed by atoms with E-state index in [-0.39, 0.29) is 6.10 Å². The predicted molar refractivity (Wildman–Crippen MR) is 70.8 cm³/mol. The highest BCUT2D eigenvalue weighted by atomic mass is 127. The van der Waals surface area contributed by atoms with E-state index in [1.807, 2.05) is 34.4 Å². The third kappa shape index (κ3) is 2.88. The first kappa shape index (κ1) is 12.2. The van der Waals surface area contributed by atoms with Crippen LogP contribution in [0.2, 0.25) is 10.3 Å². The van der Waals surface area contributed by atoms with Gasteiger partial charge in [0.05, 0.1) is 10.2 Å². The molecule has 1 unspecified atom stereocenters. The molecule has 1 aromatic heterocycles. The first-order valence-electron chi connectivity index (χ1n) is 4.26. The molecule has 0 aliphatic carbocycles. The summed E-state index contributed by atoms with van der Waals surface area (Å²) < 4.78 is 6.23. The fourth-order valence-corrected chi connectivity index (χ4v) is 2.67. The molecule has 2 heterocycles. The Labute approximate surface area is 115 Å². The molecule has 0 amide bonds. The Bertz CT molecular complexity index is 351. The standard InChI is InChI=1S/C8H7Cl2IN2OS/c9-6-5(11)7(10)13-8(12-6)4-3-15-2-1-14-4/h4H,1-3H2. The van der Waals surface area contributed by atoms with Crippen LogP contribution in [0.5, 0.6) is 0 Å². The van der Waals surface area contributed by atoms with E-state index in [1.165, 1.54) is 0 Å². The monoisotopic (exact) mass is 376 g/mol. The molecule has 3 nitrogen and oxygen atoms in total. The molecule has 1 atom stereocenters. The fraction of sp³-hybridized carbons (Fsp3) is 0.500. The quantitative estimate of drug-likeness (QED) is 0.557. The summed E-state index contributed by atoms with van der Waals surface area (Å²) in [4.78, 5) is 8.36. The maximum Gasteiger partial charge on any atom is 0.161 e. The number of aromatic nitrogens is 2. The number of rotatable bonds is 1. The molecule has 15 heavy (non-hydrogen) atoms. The second kappa shape index (κ2) is 5.35. The second-order valence-corrected chi connectivity index (χ2v) is 5.86. The SMILES string of the molecule is Clc1nc(C2CSCCO2)nc(Cl)c1I. The van der Waals surface area contributed by atoms with Crippen molar-refractivity contribution in [3.05, 3.63) is 19.7 Å². The smallest absolute Gasteiger partial charge is 0.161 e. The van der Waals surface area contributed by atoms with Gasteiger partial charge in [0.1, 0.15) is 16.4 Å². The Balaban J connectivity index is 2.27. The zero-order valence-corrected chi connectivity index (χ0v) is 12.0. The van der Waals surface area contributed by atoms with Crippen LogP contribution >= 0.6 is 57.6 Å². The van der Waals surface area contributed by atoms with Crippen LogP contribution in [0, 0.1) is 3.57 Å². The topological polar surface area (TPSA) is 35.0 Å². The largest absolute Gasteiger partial charge is 0.368 e. The fourth-order valence-electron chi connectivity index (χ4n) is 1.19. The zero-order valence-electron chi connectivity index (χ0n) is 7.54. The third-order valence-corrected chi connectivity index (χ3v) is 5.09. The maximum absolute atomic E-state index is 5.93. The van der Waals surface area contributed by atoms with Crippen LogP contribution in [0.3, 0.4) is 0 Å². The molecule has 1 aromatic rings. The van der Waals surface area contributed by atoms with E-state index in [9.17, 15) is 0 Å². The number of halogens is 3. The van der Waals surface area contributed by atoms with E-state index < -0.39 is 0 Å². The summed E-state index contributed by atoms with van der Waals surface area (Å²) in [5.41, 5.74) is 0. The van der Waals surface area contributed by atoms with E-state index in [4.69, 9.17) is 27.9 Å². The van der Waals surface area contributed by atoms with Crippen molar-refractivity contribution >= 4 is 57.6 Å². The van der Waals surface area contributed by atoms with Gasteiger partial charge in [0.25, 0.3) is 0 Å². The molecule has 2 rings (SSSR count). The molecule has 1 aliphatic rings. The lowest BCUT2D eigenvalue weighted by Gasteiger charge is -2.21. The summed E-state index contributed by atoms with van der Waals surface area (Å²) in [6.07, 6.45) is -0.0873. The Morgan fingerprint density at radius 2 is 2.00 bits per heavy atom. The van der Waals surface area contributed by atoms with Gasteiger partial charge in [-0.25, -0.2) is 9.97 Å². The first-order chi connectivity index (χ1) is 7.18. The summed E-state index contributed by atoms with van der Waals surface area (Å²) in [7, 11) is 0. The summed E-state index contributed by atoms with van der Waals surface area (Å²) in [6, 6.07) is 0.